The number of nitrogens with two attached hydrogens (primary N) is 1. The van der Waals surface area contributed by atoms with Gasteiger partial charge in [-0.3, -0.25) is 14.8 Å². The highest BCUT2D eigenvalue weighted by atomic mass is 19.4. The van der Waals surface area contributed by atoms with E-state index in [9.17, 15) is 22.4 Å². The van der Waals surface area contributed by atoms with Crippen molar-refractivity contribution in [1.29, 1.82) is 0 Å². The van der Waals surface area contributed by atoms with Gasteiger partial charge < -0.3 is 5.73 Å². The molecule has 1 aromatic heterocycles. The smallest absolute Gasteiger partial charge is 0.366 e. The highest BCUT2D eigenvalue weighted by molar-refractivity contribution is 6.03. The summed E-state index contributed by atoms with van der Waals surface area (Å²) >= 11 is 0. The molecule has 4 nitrogen and oxygen atoms in total. The number of nitrogens with zero attached hydrogens (tertiary/aromatic N) is 2. The number of hydrogen-bond acceptors (Lipinski definition) is 3. The number of rotatable bonds is 2. The van der Waals surface area contributed by atoms with Gasteiger partial charge in [-0.15, -0.1) is 0 Å². The van der Waals surface area contributed by atoms with Gasteiger partial charge in [0.1, 0.15) is 5.82 Å². The monoisotopic (exact) mass is 323 g/mol. The van der Waals surface area contributed by atoms with Crippen molar-refractivity contribution in [1.82, 2.24) is 4.98 Å². The molecule has 118 valence electrons. The van der Waals surface area contributed by atoms with Crippen LogP contribution in [0.2, 0.25) is 0 Å². The fourth-order valence-electron chi connectivity index (χ4n) is 2.47. The number of pyridine rings is 1. The molecule has 2 aromatic rings. The number of hydrogen-bond donors (Lipinski definition) is 1. The molecule has 0 saturated carbocycles. The lowest BCUT2D eigenvalue weighted by atomic mass is 9.93. The van der Waals surface area contributed by atoms with Crippen molar-refractivity contribution in [3.05, 3.63) is 52.6 Å². The summed E-state index contributed by atoms with van der Waals surface area (Å²) in [6.45, 7) is 0.338. The molecule has 1 amide bonds. The molecule has 0 radical (unpaired) electrons. The van der Waals surface area contributed by atoms with Crippen LogP contribution in [-0.4, -0.2) is 17.1 Å². The molecule has 0 spiro atoms. The number of carbonyl (C=O) groups is 1. The zero-order valence-electron chi connectivity index (χ0n) is 11.5. The first kappa shape index (κ1) is 15.1. The second-order valence-corrected chi connectivity index (χ2v) is 4.97. The van der Waals surface area contributed by atoms with Crippen molar-refractivity contribution in [2.75, 3.05) is 0 Å². The average molecular weight is 323 g/mol. The SMILES string of the molecule is NC(=O)c1cc(C(F)(F)F)cc(F)c1-c1cncc2c1C=NC2. The summed E-state index contributed by atoms with van der Waals surface area (Å²) in [7, 11) is 0. The van der Waals surface area contributed by atoms with E-state index in [0.717, 1.165) is 0 Å². The van der Waals surface area contributed by atoms with E-state index in [4.69, 9.17) is 5.73 Å². The van der Waals surface area contributed by atoms with Gasteiger partial charge >= 0.3 is 6.18 Å². The van der Waals surface area contributed by atoms with Crippen LogP contribution >= 0.6 is 0 Å². The van der Waals surface area contributed by atoms with Crippen LogP contribution in [0.1, 0.15) is 27.0 Å². The second-order valence-electron chi connectivity index (χ2n) is 4.97. The Morgan fingerprint density at radius 3 is 2.61 bits per heavy atom. The molecule has 0 unspecified atom stereocenters. The highest BCUT2D eigenvalue weighted by Crippen LogP contribution is 2.37. The normalized spacial score (nSPS) is 13.2. The summed E-state index contributed by atoms with van der Waals surface area (Å²) in [4.78, 5) is 19.5. The Hall–Kier alpha value is -2.77. The lowest BCUT2D eigenvalue weighted by Crippen LogP contribution is -2.17. The zero-order chi connectivity index (χ0) is 16.8. The first-order chi connectivity index (χ1) is 10.8. The molecule has 3 rings (SSSR count). The zero-order valence-corrected chi connectivity index (χ0v) is 11.5. The van der Waals surface area contributed by atoms with Crippen LogP contribution in [0.4, 0.5) is 17.6 Å². The van der Waals surface area contributed by atoms with E-state index in [1.165, 1.54) is 18.6 Å². The van der Waals surface area contributed by atoms with Gasteiger partial charge in [-0.1, -0.05) is 0 Å². The topological polar surface area (TPSA) is 68.3 Å². The van der Waals surface area contributed by atoms with Crippen LogP contribution < -0.4 is 5.73 Å². The molecule has 0 saturated heterocycles. The molecule has 2 heterocycles. The third kappa shape index (κ3) is 2.56. The summed E-state index contributed by atoms with van der Waals surface area (Å²) in [5.41, 5.74) is 4.42. The standard InChI is InChI=1S/C15H9F4N3O/c16-12-2-8(15(17,18)19)1-9(14(20)23)13(12)11-6-22-4-7-3-21-5-10(7)11/h1-2,4-6H,3H2,(H2,20,23). The van der Waals surface area contributed by atoms with Crippen molar-refractivity contribution >= 4 is 12.1 Å². The number of carbonyl (C=O) groups excluding carboxylic acids is 1. The molecule has 0 atom stereocenters. The maximum absolute atomic E-state index is 14.4. The maximum Gasteiger partial charge on any atom is 0.416 e. The van der Waals surface area contributed by atoms with Crippen molar-refractivity contribution in [2.24, 2.45) is 10.7 Å². The van der Waals surface area contributed by atoms with Gasteiger partial charge in [-0.2, -0.15) is 13.2 Å². The molecule has 2 N–H and O–H groups in total. The molecule has 1 aliphatic rings. The maximum atomic E-state index is 14.4. The van der Waals surface area contributed by atoms with E-state index < -0.39 is 29.0 Å². The number of amides is 1. The summed E-state index contributed by atoms with van der Waals surface area (Å²) < 4.78 is 52.8. The number of benzene rings is 1. The van der Waals surface area contributed by atoms with Crippen LogP contribution in [0, 0.1) is 5.82 Å². The van der Waals surface area contributed by atoms with Crippen molar-refractivity contribution in [3.63, 3.8) is 0 Å². The minimum Gasteiger partial charge on any atom is -0.366 e. The van der Waals surface area contributed by atoms with Gasteiger partial charge in [-0.25, -0.2) is 4.39 Å². The predicted molar refractivity (Wildman–Crippen MR) is 74.4 cm³/mol. The van der Waals surface area contributed by atoms with Crippen LogP contribution in [0.15, 0.2) is 29.5 Å². The van der Waals surface area contributed by atoms with Gasteiger partial charge in [0.15, 0.2) is 0 Å². The van der Waals surface area contributed by atoms with Crippen LogP contribution in [0.3, 0.4) is 0 Å². The largest absolute Gasteiger partial charge is 0.416 e. The third-order valence-corrected chi connectivity index (χ3v) is 3.50. The number of aromatic nitrogens is 1. The Labute approximate surface area is 127 Å². The molecule has 0 fully saturated rings. The number of aliphatic imine (C=N–C) groups is 1. The minimum absolute atomic E-state index is 0.184. The van der Waals surface area contributed by atoms with E-state index >= 15 is 0 Å². The predicted octanol–water partition coefficient (Wildman–Crippen LogP) is 2.94. The minimum atomic E-state index is -4.79. The molecule has 0 bridgehead atoms. The lowest BCUT2D eigenvalue weighted by molar-refractivity contribution is -0.137. The summed E-state index contributed by atoms with van der Waals surface area (Å²) in [5.74, 6) is -2.35. The molecular formula is C15H9F4N3O. The van der Waals surface area contributed by atoms with Gasteiger partial charge in [0, 0.05) is 40.9 Å². The van der Waals surface area contributed by atoms with E-state index in [1.54, 1.807) is 0 Å². The molecule has 1 aromatic carbocycles. The first-order valence-corrected chi connectivity index (χ1v) is 6.46. The fourth-order valence-corrected chi connectivity index (χ4v) is 2.47. The van der Waals surface area contributed by atoms with Gasteiger partial charge in [0.25, 0.3) is 0 Å². The van der Waals surface area contributed by atoms with Crippen LogP contribution in [0.25, 0.3) is 11.1 Å². The van der Waals surface area contributed by atoms with E-state index in [2.05, 4.69) is 9.98 Å². The number of halogens is 4. The quantitative estimate of drug-likeness (QED) is 0.863. The molecule has 0 aliphatic carbocycles. The Morgan fingerprint density at radius 2 is 1.96 bits per heavy atom. The summed E-state index contributed by atoms with van der Waals surface area (Å²) in [6.07, 6.45) is -0.526. The summed E-state index contributed by atoms with van der Waals surface area (Å²) in [5, 5.41) is 0. The Bertz CT molecular complexity index is 843. The number of fused-ring (bicyclic) bond motifs is 1. The van der Waals surface area contributed by atoms with Gasteiger partial charge in [0.2, 0.25) is 5.91 Å². The molecule has 8 heteroatoms. The average Bonchev–Trinajstić information content (AvgIpc) is 2.93. The number of primary amides is 1. The Balaban J connectivity index is 2.31. The van der Waals surface area contributed by atoms with Crippen molar-refractivity contribution in [3.8, 4) is 11.1 Å². The lowest BCUT2D eigenvalue weighted by Gasteiger charge is -2.14. The Morgan fingerprint density at radius 1 is 1.22 bits per heavy atom. The first-order valence-electron chi connectivity index (χ1n) is 6.46. The molecular weight excluding hydrogens is 314 g/mol. The van der Waals surface area contributed by atoms with E-state index in [-0.39, 0.29) is 11.1 Å². The van der Waals surface area contributed by atoms with Crippen LogP contribution in [0.5, 0.6) is 0 Å². The van der Waals surface area contributed by atoms with Crippen LogP contribution in [-0.2, 0) is 12.7 Å². The molecule has 23 heavy (non-hydrogen) atoms. The fraction of sp³-hybridized carbons (Fsp3) is 0.133. The van der Waals surface area contributed by atoms with Gasteiger partial charge in [0.05, 0.1) is 17.7 Å². The van der Waals surface area contributed by atoms with E-state index in [0.29, 0.717) is 29.8 Å². The Kier molecular flexibility index (Phi) is 3.39. The van der Waals surface area contributed by atoms with Gasteiger partial charge in [-0.05, 0) is 12.1 Å². The van der Waals surface area contributed by atoms with Crippen molar-refractivity contribution < 1.29 is 22.4 Å². The molecule has 1 aliphatic heterocycles. The highest BCUT2D eigenvalue weighted by Gasteiger charge is 2.34. The van der Waals surface area contributed by atoms with E-state index in [1.807, 2.05) is 0 Å². The second kappa shape index (κ2) is 5.15. The van der Waals surface area contributed by atoms with Crippen molar-refractivity contribution in [2.45, 2.75) is 12.7 Å². The third-order valence-electron chi connectivity index (χ3n) is 3.50. The number of alkyl halides is 3. The summed E-state index contributed by atoms with van der Waals surface area (Å²) in [6, 6.07) is 0.888.